The minimum atomic E-state index is -4.07. The molecule has 0 aliphatic carbocycles. The fourth-order valence-electron chi connectivity index (χ4n) is 3.82. The molecule has 1 aliphatic rings. The molecule has 0 bridgehead atoms. The van der Waals surface area contributed by atoms with Crippen LogP contribution in [0.4, 0.5) is 0 Å². The van der Waals surface area contributed by atoms with Gasteiger partial charge in [-0.25, -0.2) is 8.42 Å². The SMILES string of the molecule is COC(=O)C(C[C@@H]1CCCO1)S(=O)(=O)N(Cc1ccc(OC)cc1)Cc1ccc(OC)cc1. The van der Waals surface area contributed by atoms with Crippen molar-refractivity contribution in [3.8, 4) is 11.5 Å². The van der Waals surface area contributed by atoms with Gasteiger partial charge in [-0.2, -0.15) is 4.31 Å². The summed E-state index contributed by atoms with van der Waals surface area (Å²) in [7, 11) is 0.274. The van der Waals surface area contributed by atoms with Crippen molar-refractivity contribution in [3.63, 3.8) is 0 Å². The third-order valence-corrected chi connectivity index (χ3v) is 7.80. The lowest BCUT2D eigenvalue weighted by Crippen LogP contribution is -2.44. The van der Waals surface area contributed by atoms with Gasteiger partial charge in [-0.15, -0.1) is 0 Å². The van der Waals surface area contributed by atoms with Crippen molar-refractivity contribution in [1.29, 1.82) is 0 Å². The number of carbonyl (C=O) groups excluding carboxylic acids is 1. The van der Waals surface area contributed by atoms with Crippen molar-refractivity contribution in [3.05, 3.63) is 59.7 Å². The molecule has 1 aliphatic heterocycles. The van der Waals surface area contributed by atoms with Gasteiger partial charge in [-0.05, 0) is 48.2 Å². The van der Waals surface area contributed by atoms with Gasteiger partial charge in [0.1, 0.15) is 11.5 Å². The zero-order valence-electron chi connectivity index (χ0n) is 19.2. The Kier molecular flexibility index (Phi) is 8.71. The lowest BCUT2D eigenvalue weighted by atomic mass is 10.1. The van der Waals surface area contributed by atoms with Crippen molar-refractivity contribution in [2.75, 3.05) is 27.9 Å². The summed E-state index contributed by atoms with van der Waals surface area (Å²) in [5, 5.41) is -1.35. The molecule has 3 rings (SSSR count). The van der Waals surface area contributed by atoms with Gasteiger partial charge in [-0.1, -0.05) is 24.3 Å². The minimum Gasteiger partial charge on any atom is -0.497 e. The molecular weight excluding hydrogens is 446 g/mol. The molecule has 0 radical (unpaired) electrons. The second-order valence-corrected chi connectivity index (χ2v) is 10.0. The highest BCUT2D eigenvalue weighted by Crippen LogP contribution is 2.26. The summed E-state index contributed by atoms with van der Waals surface area (Å²) >= 11 is 0. The van der Waals surface area contributed by atoms with E-state index >= 15 is 0 Å². The van der Waals surface area contributed by atoms with Crippen LogP contribution in [0.25, 0.3) is 0 Å². The fourth-order valence-corrected chi connectivity index (χ4v) is 5.64. The van der Waals surface area contributed by atoms with Crippen LogP contribution in [-0.2, 0) is 37.4 Å². The van der Waals surface area contributed by atoms with E-state index in [0.717, 1.165) is 24.0 Å². The Bertz CT molecular complexity index is 951. The average Bonchev–Trinajstić information content (AvgIpc) is 3.36. The summed E-state index contributed by atoms with van der Waals surface area (Å²) < 4.78 is 49.8. The summed E-state index contributed by atoms with van der Waals surface area (Å²) in [6.45, 7) is 0.759. The highest BCUT2D eigenvalue weighted by atomic mass is 32.2. The first-order valence-electron chi connectivity index (χ1n) is 10.8. The number of ether oxygens (including phenoxy) is 4. The van der Waals surface area contributed by atoms with Crippen LogP contribution in [0.5, 0.6) is 11.5 Å². The predicted octanol–water partition coefficient (Wildman–Crippen LogP) is 3.15. The Morgan fingerprint density at radius 3 is 1.88 bits per heavy atom. The van der Waals surface area contributed by atoms with E-state index in [-0.39, 0.29) is 25.6 Å². The molecule has 2 atom stereocenters. The molecule has 2 aromatic carbocycles. The smallest absolute Gasteiger partial charge is 0.325 e. The molecule has 1 saturated heterocycles. The van der Waals surface area contributed by atoms with Crippen LogP contribution in [0.15, 0.2) is 48.5 Å². The molecule has 0 saturated carbocycles. The maximum Gasteiger partial charge on any atom is 0.325 e. The second-order valence-electron chi connectivity index (χ2n) is 7.89. The zero-order valence-corrected chi connectivity index (χ0v) is 20.0. The molecule has 1 fully saturated rings. The van der Waals surface area contributed by atoms with Crippen molar-refractivity contribution in [1.82, 2.24) is 4.31 Å². The Balaban J connectivity index is 1.92. The van der Waals surface area contributed by atoms with Crippen molar-refractivity contribution in [2.45, 2.75) is 43.7 Å². The first-order chi connectivity index (χ1) is 15.9. The third-order valence-electron chi connectivity index (χ3n) is 5.72. The molecule has 180 valence electrons. The Morgan fingerprint density at radius 2 is 1.48 bits per heavy atom. The van der Waals surface area contributed by atoms with Crippen LogP contribution in [0.3, 0.4) is 0 Å². The fraction of sp³-hybridized carbons (Fsp3) is 0.458. The summed E-state index contributed by atoms with van der Waals surface area (Å²) in [6, 6.07) is 14.3. The molecule has 0 aromatic heterocycles. The van der Waals surface area contributed by atoms with Gasteiger partial charge >= 0.3 is 5.97 Å². The van der Waals surface area contributed by atoms with Crippen LogP contribution >= 0.6 is 0 Å². The van der Waals surface area contributed by atoms with E-state index in [1.807, 2.05) is 24.3 Å². The quantitative estimate of drug-likeness (QED) is 0.459. The molecule has 8 nitrogen and oxygen atoms in total. The molecule has 2 aromatic rings. The number of nitrogens with zero attached hydrogens (tertiary/aromatic N) is 1. The number of methoxy groups -OCH3 is 3. The Hall–Kier alpha value is -2.62. The van der Waals surface area contributed by atoms with Crippen molar-refractivity contribution < 1.29 is 32.2 Å². The lowest BCUT2D eigenvalue weighted by molar-refractivity contribution is -0.140. The Labute approximate surface area is 195 Å². The molecular formula is C24H31NO7S. The van der Waals surface area contributed by atoms with Crippen molar-refractivity contribution >= 4 is 16.0 Å². The van der Waals surface area contributed by atoms with E-state index in [4.69, 9.17) is 18.9 Å². The summed E-state index contributed by atoms with van der Waals surface area (Å²) in [4.78, 5) is 12.6. The lowest BCUT2D eigenvalue weighted by Gasteiger charge is -2.28. The number of sulfonamides is 1. The van der Waals surface area contributed by atoms with Crippen LogP contribution < -0.4 is 9.47 Å². The van der Waals surface area contributed by atoms with Crippen LogP contribution in [0.2, 0.25) is 0 Å². The maximum atomic E-state index is 13.8. The molecule has 0 spiro atoms. The van der Waals surface area contributed by atoms with Gasteiger partial charge < -0.3 is 18.9 Å². The summed E-state index contributed by atoms with van der Waals surface area (Å²) in [6.07, 6.45) is 1.35. The van der Waals surface area contributed by atoms with E-state index in [1.165, 1.54) is 11.4 Å². The van der Waals surface area contributed by atoms with Gasteiger partial charge in [-0.3, -0.25) is 4.79 Å². The molecule has 33 heavy (non-hydrogen) atoms. The highest BCUT2D eigenvalue weighted by molar-refractivity contribution is 7.90. The number of hydrogen-bond donors (Lipinski definition) is 0. The summed E-state index contributed by atoms with van der Waals surface area (Å²) in [5.41, 5.74) is 1.54. The number of benzene rings is 2. The normalized spacial score (nSPS) is 17.0. The molecule has 1 unspecified atom stereocenters. The van der Waals surface area contributed by atoms with E-state index in [9.17, 15) is 13.2 Å². The molecule has 9 heteroatoms. The van der Waals surface area contributed by atoms with Crippen LogP contribution in [0.1, 0.15) is 30.4 Å². The van der Waals surface area contributed by atoms with E-state index < -0.39 is 21.2 Å². The monoisotopic (exact) mass is 477 g/mol. The first kappa shape index (κ1) is 25.0. The second kappa shape index (κ2) is 11.5. The topological polar surface area (TPSA) is 91.4 Å². The average molecular weight is 478 g/mol. The van der Waals surface area contributed by atoms with E-state index in [0.29, 0.717) is 18.1 Å². The van der Waals surface area contributed by atoms with Gasteiger partial charge in [0.25, 0.3) is 0 Å². The van der Waals surface area contributed by atoms with Gasteiger partial charge in [0, 0.05) is 26.1 Å². The third kappa shape index (κ3) is 6.46. The molecule has 0 amide bonds. The molecule has 0 N–H and O–H groups in total. The van der Waals surface area contributed by atoms with E-state index in [1.54, 1.807) is 38.5 Å². The highest BCUT2D eigenvalue weighted by Gasteiger charge is 2.41. The van der Waals surface area contributed by atoms with Crippen molar-refractivity contribution in [2.24, 2.45) is 0 Å². The van der Waals surface area contributed by atoms with Crippen LogP contribution in [0, 0.1) is 0 Å². The predicted molar refractivity (Wildman–Crippen MR) is 124 cm³/mol. The standard InChI is InChI=1S/C24H31NO7S/c1-29-20-10-6-18(7-11-20)16-25(17-19-8-12-21(30-2)13-9-19)33(27,28)23(24(26)31-3)15-22-5-4-14-32-22/h6-13,22-23H,4-5,14-17H2,1-3H3/t22-,23?/m0/s1. The maximum absolute atomic E-state index is 13.8. The van der Waals surface area contributed by atoms with Gasteiger partial charge in [0.2, 0.25) is 10.0 Å². The first-order valence-corrected chi connectivity index (χ1v) is 12.3. The number of rotatable bonds is 11. The number of carbonyl (C=O) groups is 1. The van der Waals surface area contributed by atoms with Gasteiger partial charge in [0.15, 0.2) is 5.25 Å². The number of esters is 1. The largest absolute Gasteiger partial charge is 0.497 e. The minimum absolute atomic E-state index is 0.0662. The van der Waals surface area contributed by atoms with Gasteiger partial charge in [0.05, 0.1) is 27.4 Å². The zero-order chi connectivity index (χ0) is 23.8. The number of hydrogen-bond acceptors (Lipinski definition) is 7. The Morgan fingerprint density at radius 1 is 0.970 bits per heavy atom. The molecule has 1 heterocycles. The van der Waals surface area contributed by atoms with Crippen LogP contribution in [-0.4, -0.2) is 58.0 Å². The summed E-state index contributed by atoms with van der Waals surface area (Å²) in [5.74, 6) is 0.572. The van der Waals surface area contributed by atoms with E-state index in [2.05, 4.69) is 0 Å².